The van der Waals surface area contributed by atoms with Crippen LogP contribution in [0.3, 0.4) is 0 Å². The maximum absolute atomic E-state index is 11.2. The maximum Gasteiger partial charge on any atom is 0.335 e. The molecule has 0 saturated heterocycles. The number of carbonyl (C=O) groups is 1. The smallest absolute Gasteiger partial charge is 0.335 e. The first kappa shape index (κ1) is 12.7. The van der Waals surface area contributed by atoms with Gasteiger partial charge in [-0.3, -0.25) is 4.21 Å². The SMILES string of the molecule is CC(CS(C)=O)n1nnc2cc(C(=O)O)ccc21. The number of rotatable bonds is 4. The molecule has 6 nitrogen and oxygen atoms in total. The summed E-state index contributed by atoms with van der Waals surface area (Å²) in [5.74, 6) is -0.506. The summed E-state index contributed by atoms with van der Waals surface area (Å²) < 4.78 is 12.9. The van der Waals surface area contributed by atoms with Gasteiger partial charge in [0.15, 0.2) is 0 Å². The number of benzene rings is 1. The Kier molecular flexibility index (Phi) is 3.42. The molecule has 2 atom stereocenters. The fourth-order valence-electron chi connectivity index (χ4n) is 1.81. The molecule has 0 amide bonds. The number of carboxylic acids is 1. The van der Waals surface area contributed by atoms with E-state index in [1.165, 1.54) is 12.1 Å². The van der Waals surface area contributed by atoms with Crippen molar-refractivity contribution in [2.24, 2.45) is 0 Å². The number of nitrogens with zero attached hydrogens (tertiary/aromatic N) is 3. The molecule has 0 aliphatic carbocycles. The lowest BCUT2D eigenvalue weighted by molar-refractivity contribution is 0.0697. The Hall–Kier alpha value is -1.76. The predicted molar refractivity (Wildman–Crippen MR) is 68.1 cm³/mol. The number of aromatic carboxylic acids is 1. The van der Waals surface area contributed by atoms with Crippen LogP contribution in [-0.2, 0) is 10.8 Å². The molecule has 2 rings (SSSR count). The van der Waals surface area contributed by atoms with Crippen molar-refractivity contribution in [1.82, 2.24) is 15.0 Å². The summed E-state index contributed by atoms with van der Waals surface area (Å²) in [4.78, 5) is 10.8. The molecule has 2 unspecified atom stereocenters. The van der Waals surface area contributed by atoms with Crippen molar-refractivity contribution in [2.75, 3.05) is 12.0 Å². The fraction of sp³-hybridized carbons (Fsp3) is 0.364. The molecule has 1 aromatic heterocycles. The molecule has 2 aromatic rings. The summed E-state index contributed by atoms with van der Waals surface area (Å²) in [5.41, 5.74) is 1.46. The second kappa shape index (κ2) is 4.85. The number of fused-ring (bicyclic) bond motifs is 1. The summed E-state index contributed by atoms with van der Waals surface area (Å²) >= 11 is 0. The van der Waals surface area contributed by atoms with Gasteiger partial charge in [-0.25, -0.2) is 9.48 Å². The predicted octanol–water partition coefficient (Wildman–Crippen LogP) is 1.07. The van der Waals surface area contributed by atoms with E-state index < -0.39 is 16.8 Å². The molecule has 7 heteroatoms. The second-order valence-electron chi connectivity index (χ2n) is 4.13. The van der Waals surface area contributed by atoms with Crippen LogP contribution in [0.25, 0.3) is 11.0 Å². The summed E-state index contributed by atoms with van der Waals surface area (Å²) in [5, 5.41) is 16.8. The zero-order chi connectivity index (χ0) is 13.3. The summed E-state index contributed by atoms with van der Waals surface area (Å²) in [7, 11) is -0.918. The Bertz CT molecular complexity index is 623. The van der Waals surface area contributed by atoms with Crippen LogP contribution < -0.4 is 0 Å². The molecule has 1 heterocycles. The quantitative estimate of drug-likeness (QED) is 0.895. The average Bonchev–Trinajstić information content (AvgIpc) is 2.70. The molecule has 1 aromatic carbocycles. The first-order chi connectivity index (χ1) is 8.49. The Labute approximate surface area is 106 Å². The fourth-order valence-corrected chi connectivity index (χ4v) is 2.63. The zero-order valence-corrected chi connectivity index (χ0v) is 10.8. The first-order valence-corrected chi connectivity index (χ1v) is 7.10. The van der Waals surface area contributed by atoms with Crippen molar-refractivity contribution < 1.29 is 14.1 Å². The lowest BCUT2D eigenvalue weighted by atomic mass is 10.2. The van der Waals surface area contributed by atoms with Crippen LogP contribution in [0.2, 0.25) is 0 Å². The topological polar surface area (TPSA) is 85.1 Å². The van der Waals surface area contributed by atoms with Crippen molar-refractivity contribution in [2.45, 2.75) is 13.0 Å². The van der Waals surface area contributed by atoms with Gasteiger partial charge in [0.05, 0.1) is 17.1 Å². The molecule has 0 aliphatic heterocycles. The highest BCUT2D eigenvalue weighted by Gasteiger charge is 2.14. The third-order valence-corrected chi connectivity index (χ3v) is 3.56. The van der Waals surface area contributed by atoms with Crippen molar-refractivity contribution in [3.63, 3.8) is 0 Å². The Morgan fingerprint density at radius 1 is 1.56 bits per heavy atom. The van der Waals surface area contributed by atoms with E-state index in [4.69, 9.17) is 5.11 Å². The zero-order valence-electron chi connectivity index (χ0n) is 10.0. The van der Waals surface area contributed by atoms with Crippen molar-refractivity contribution in [3.8, 4) is 0 Å². The number of hydrogen-bond donors (Lipinski definition) is 1. The van der Waals surface area contributed by atoms with Gasteiger partial charge in [0.25, 0.3) is 0 Å². The van der Waals surface area contributed by atoms with E-state index in [-0.39, 0.29) is 11.6 Å². The lowest BCUT2D eigenvalue weighted by Gasteiger charge is -2.10. The van der Waals surface area contributed by atoms with Crippen molar-refractivity contribution in [3.05, 3.63) is 23.8 Å². The van der Waals surface area contributed by atoms with Crippen LogP contribution in [0.5, 0.6) is 0 Å². The highest BCUT2D eigenvalue weighted by Crippen LogP contribution is 2.17. The molecule has 0 radical (unpaired) electrons. The lowest BCUT2D eigenvalue weighted by Crippen LogP contribution is -2.14. The third-order valence-electron chi connectivity index (χ3n) is 2.61. The van der Waals surface area contributed by atoms with Gasteiger partial charge in [0.1, 0.15) is 5.52 Å². The monoisotopic (exact) mass is 267 g/mol. The van der Waals surface area contributed by atoms with Crippen molar-refractivity contribution >= 4 is 27.8 Å². The molecular formula is C11H13N3O3S. The minimum Gasteiger partial charge on any atom is -0.478 e. The van der Waals surface area contributed by atoms with Gasteiger partial charge < -0.3 is 5.11 Å². The molecule has 96 valence electrons. The number of carboxylic acid groups (broad SMARTS) is 1. The van der Waals surface area contributed by atoms with E-state index in [0.717, 1.165) is 5.52 Å². The van der Waals surface area contributed by atoms with Crippen LogP contribution in [0.15, 0.2) is 18.2 Å². The van der Waals surface area contributed by atoms with Gasteiger partial charge >= 0.3 is 5.97 Å². The second-order valence-corrected chi connectivity index (χ2v) is 5.61. The molecule has 0 fully saturated rings. The minimum atomic E-state index is -0.992. The number of hydrogen-bond acceptors (Lipinski definition) is 4. The van der Waals surface area contributed by atoms with E-state index in [1.54, 1.807) is 17.0 Å². The summed E-state index contributed by atoms with van der Waals surface area (Å²) in [6, 6.07) is 4.63. The van der Waals surface area contributed by atoms with Gasteiger partial charge in [0, 0.05) is 22.8 Å². The van der Waals surface area contributed by atoms with E-state index in [0.29, 0.717) is 11.3 Å². The van der Waals surface area contributed by atoms with Crippen LogP contribution >= 0.6 is 0 Å². The summed E-state index contributed by atoms with van der Waals surface area (Å²) in [6.07, 6.45) is 1.64. The molecule has 0 spiro atoms. The molecule has 1 N–H and O–H groups in total. The Balaban J connectivity index is 2.42. The first-order valence-electron chi connectivity index (χ1n) is 5.37. The van der Waals surface area contributed by atoms with Gasteiger partial charge in [-0.2, -0.15) is 0 Å². The highest BCUT2D eigenvalue weighted by molar-refractivity contribution is 7.84. The van der Waals surface area contributed by atoms with E-state index in [2.05, 4.69) is 10.3 Å². The maximum atomic E-state index is 11.2. The van der Waals surface area contributed by atoms with Gasteiger partial charge in [0.2, 0.25) is 0 Å². The van der Waals surface area contributed by atoms with E-state index >= 15 is 0 Å². The molecule has 18 heavy (non-hydrogen) atoms. The van der Waals surface area contributed by atoms with E-state index in [9.17, 15) is 9.00 Å². The Morgan fingerprint density at radius 2 is 2.28 bits per heavy atom. The molecular weight excluding hydrogens is 254 g/mol. The van der Waals surface area contributed by atoms with Crippen LogP contribution in [0.1, 0.15) is 23.3 Å². The summed E-state index contributed by atoms with van der Waals surface area (Å²) in [6.45, 7) is 1.90. The normalized spacial score (nSPS) is 14.6. The largest absolute Gasteiger partial charge is 0.478 e. The van der Waals surface area contributed by atoms with Gasteiger partial charge in [-0.05, 0) is 25.1 Å². The minimum absolute atomic E-state index is 0.0449. The van der Waals surface area contributed by atoms with Crippen LogP contribution in [-0.4, -0.2) is 42.3 Å². The van der Waals surface area contributed by atoms with Gasteiger partial charge in [-0.15, -0.1) is 5.10 Å². The molecule has 0 saturated carbocycles. The third kappa shape index (κ3) is 2.40. The number of aromatic nitrogens is 3. The molecule has 0 bridgehead atoms. The average molecular weight is 267 g/mol. The van der Waals surface area contributed by atoms with Crippen LogP contribution in [0.4, 0.5) is 0 Å². The standard InChI is InChI=1S/C11H13N3O3S/c1-7(6-18(2)17)14-10-4-3-8(11(15)16)5-9(10)12-13-14/h3-5,7H,6H2,1-2H3,(H,15,16). The molecule has 0 aliphatic rings. The Morgan fingerprint density at radius 3 is 2.89 bits per heavy atom. The van der Waals surface area contributed by atoms with E-state index in [1.807, 2.05) is 6.92 Å². The van der Waals surface area contributed by atoms with Crippen LogP contribution in [0, 0.1) is 0 Å². The van der Waals surface area contributed by atoms with Crippen molar-refractivity contribution in [1.29, 1.82) is 0 Å². The highest BCUT2D eigenvalue weighted by atomic mass is 32.2. The van der Waals surface area contributed by atoms with Gasteiger partial charge in [-0.1, -0.05) is 5.21 Å².